The number of amides is 1. The Labute approximate surface area is 97.4 Å². The zero-order valence-electron chi connectivity index (χ0n) is 8.32. The molecule has 1 heterocycles. The van der Waals surface area contributed by atoms with Crippen molar-refractivity contribution in [1.82, 2.24) is 0 Å². The number of nitrogens with zero attached hydrogens (tertiary/aromatic N) is 1. The van der Waals surface area contributed by atoms with Crippen molar-refractivity contribution in [2.75, 3.05) is 11.4 Å². The summed E-state index contributed by atoms with van der Waals surface area (Å²) in [5.74, 6) is 0.0311. The number of anilines is 1. The van der Waals surface area contributed by atoms with Crippen LogP contribution in [0.3, 0.4) is 0 Å². The van der Waals surface area contributed by atoms with Crippen LogP contribution >= 0.6 is 15.9 Å². The highest BCUT2D eigenvalue weighted by molar-refractivity contribution is 9.10. The minimum atomic E-state index is -0.331. The van der Waals surface area contributed by atoms with Gasteiger partial charge in [0.1, 0.15) is 0 Å². The Bertz CT molecular complexity index is 363. The van der Waals surface area contributed by atoms with Crippen molar-refractivity contribution in [2.24, 2.45) is 5.73 Å². The monoisotopic (exact) mass is 268 g/mol. The molecule has 1 aromatic rings. The van der Waals surface area contributed by atoms with Gasteiger partial charge in [0, 0.05) is 16.7 Å². The molecule has 3 nitrogen and oxygen atoms in total. The van der Waals surface area contributed by atoms with Crippen LogP contribution in [0.4, 0.5) is 5.69 Å². The number of hydrogen-bond donors (Lipinski definition) is 1. The zero-order valence-corrected chi connectivity index (χ0v) is 9.90. The van der Waals surface area contributed by atoms with E-state index in [-0.39, 0.29) is 11.9 Å². The number of rotatable bonds is 1. The molecular weight excluding hydrogens is 256 g/mol. The van der Waals surface area contributed by atoms with Crippen molar-refractivity contribution < 1.29 is 4.79 Å². The van der Waals surface area contributed by atoms with Gasteiger partial charge in [-0.15, -0.1) is 0 Å². The minimum absolute atomic E-state index is 0.0311. The Balaban J connectivity index is 2.22. The first kappa shape index (κ1) is 10.6. The molecule has 0 bridgehead atoms. The van der Waals surface area contributed by atoms with Crippen LogP contribution in [0.2, 0.25) is 0 Å². The molecule has 1 aromatic carbocycles. The third-order valence-corrected chi connectivity index (χ3v) is 3.15. The van der Waals surface area contributed by atoms with Gasteiger partial charge in [-0.1, -0.05) is 15.9 Å². The van der Waals surface area contributed by atoms with E-state index in [2.05, 4.69) is 15.9 Å². The Morgan fingerprint density at radius 2 is 2.00 bits per heavy atom. The lowest BCUT2D eigenvalue weighted by atomic mass is 10.1. The summed E-state index contributed by atoms with van der Waals surface area (Å²) in [7, 11) is 0. The van der Waals surface area contributed by atoms with Crippen LogP contribution in [-0.4, -0.2) is 18.5 Å². The first-order valence-corrected chi connectivity index (χ1v) is 5.80. The van der Waals surface area contributed by atoms with Crippen molar-refractivity contribution in [3.8, 4) is 0 Å². The van der Waals surface area contributed by atoms with E-state index in [0.29, 0.717) is 0 Å². The summed E-state index contributed by atoms with van der Waals surface area (Å²) >= 11 is 3.37. The summed E-state index contributed by atoms with van der Waals surface area (Å²) in [6.45, 7) is 0.772. The smallest absolute Gasteiger partial charge is 0.243 e. The highest BCUT2D eigenvalue weighted by Gasteiger charge is 2.26. The van der Waals surface area contributed by atoms with Gasteiger partial charge in [-0.3, -0.25) is 4.79 Å². The molecule has 1 unspecified atom stereocenters. The summed E-state index contributed by atoms with van der Waals surface area (Å²) in [6, 6.07) is 7.40. The molecule has 1 aliphatic heterocycles. The second-order valence-electron chi connectivity index (χ2n) is 3.72. The molecule has 0 aliphatic carbocycles. The van der Waals surface area contributed by atoms with E-state index in [9.17, 15) is 4.79 Å². The third-order valence-electron chi connectivity index (χ3n) is 2.62. The van der Waals surface area contributed by atoms with Gasteiger partial charge in [0.2, 0.25) is 5.91 Å². The molecule has 1 amide bonds. The summed E-state index contributed by atoms with van der Waals surface area (Å²) < 4.78 is 1.01. The van der Waals surface area contributed by atoms with Crippen molar-refractivity contribution in [1.29, 1.82) is 0 Å². The number of nitrogens with two attached hydrogens (primary N) is 1. The highest BCUT2D eigenvalue weighted by atomic mass is 79.9. The third kappa shape index (κ3) is 2.21. The first-order chi connectivity index (χ1) is 7.18. The maximum Gasteiger partial charge on any atom is 0.243 e. The molecule has 1 saturated heterocycles. The van der Waals surface area contributed by atoms with Gasteiger partial charge in [0.05, 0.1) is 6.04 Å². The number of carbonyl (C=O) groups excluding carboxylic acids is 1. The SMILES string of the molecule is NC1CCCN(c2ccc(Br)cc2)C1=O. The molecule has 15 heavy (non-hydrogen) atoms. The second kappa shape index (κ2) is 4.33. The number of carbonyl (C=O) groups is 1. The van der Waals surface area contributed by atoms with E-state index in [1.165, 1.54) is 0 Å². The molecule has 1 atom stereocenters. The van der Waals surface area contributed by atoms with Gasteiger partial charge < -0.3 is 10.6 Å². The van der Waals surface area contributed by atoms with Gasteiger partial charge in [0.15, 0.2) is 0 Å². The summed E-state index contributed by atoms with van der Waals surface area (Å²) in [5, 5.41) is 0. The topological polar surface area (TPSA) is 46.3 Å². The molecule has 2 N–H and O–H groups in total. The van der Waals surface area contributed by atoms with Gasteiger partial charge in [-0.05, 0) is 37.1 Å². The van der Waals surface area contributed by atoms with Crippen LogP contribution in [-0.2, 0) is 4.79 Å². The molecule has 0 radical (unpaired) electrons. The van der Waals surface area contributed by atoms with Crippen LogP contribution in [0.5, 0.6) is 0 Å². The van der Waals surface area contributed by atoms with Gasteiger partial charge >= 0.3 is 0 Å². The largest absolute Gasteiger partial charge is 0.320 e. The highest BCUT2D eigenvalue weighted by Crippen LogP contribution is 2.22. The zero-order chi connectivity index (χ0) is 10.8. The Morgan fingerprint density at radius 3 is 2.67 bits per heavy atom. The van der Waals surface area contributed by atoms with Gasteiger partial charge in [-0.2, -0.15) is 0 Å². The van der Waals surface area contributed by atoms with Crippen molar-refractivity contribution in [2.45, 2.75) is 18.9 Å². The summed E-state index contributed by atoms with van der Waals surface area (Å²) in [6.07, 6.45) is 1.77. The lowest BCUT2D eigenvalue weighted by molar-refractivity contribution is -0.120. The Hall–Kier alpha value is -0.870. The molecule has 0 saturated carbocycles. The first-order valence-electron chi connectivity index (χ1n) is 5.01. The molecule has 0 aromatic heterocycles. The normalized spacial score (nSPS) is 21.9. The number of hydrogen-bond acceptors (Lipinski definition) is 2. The second-order valence-corrected chi connectivity index (χ2v) is 4.63. The molecule has 0 spiro atoms. The van der Waals surface area contributed by atoms with Crippen molar-refractivity contribution in [3.05, 3.63) is 28.7 Å². The maximum absolute atomic E-state index is 11.8. The predicted octanol–water partition coefficient (Wildman–Crippen LogP) is 1.90. The molecular formula is C11H13BrN2O. The van der Waals surface area contributed by atoms with Crippen molar-refractivity contribution in [3.63, 3.8) is 0 Å². The maximum atomic E-state index is 11.8. The van der Waals surface area contributed by atoms with Crippen molar-refractivity contribution >= 4 is 27.5 Å². The van der Waals surface area contributed by atoms with Crippen LogP contribution in [0.25, 0.3) is 0 Å². The standard InChI is InChI=1S/C11H13BrN2O/c12-8-3-5-9(6-4-8)14-7-1-2-10(13)11(14)15/h3-6,10H,1-2,7,13H2. The lowest BCUT2D eigenvalue weighted by Crippen LogP contribution is -2.48. The fourth-order valence-corrected chi connectivity index (χ4v) is 2.04. The molecule has 1 aliphatic rings. The fraction of sp³-hybridized carbons (Fsp3) is 0.364. The number of halogens is 1. The Morgan fingerprint density at radius 1 is 1.33 bits per heavy atom. The Kier molecular flexibility index (Phi) is 3.07. The predicted molar refractivity (Wildman–Crippen MR) is 63.7 cm³/mol. The van der Waals surface area contributed by atoms with Crippen LogP contribution in [0.1, 0.15) is 12.8 Å². The lowest BCUT2D eigenvalue weighted by Gasteiger charge is -2.30. The van der Waals surface area contributed by atoms with E-state index in [1.54, 1.807) is 4.90 Å². The summed E-state index contributed by atoms with van der Waals surface area (Å²) in [4.78, 5) is 13.6. The fourth-order valence-electron chi connectivity index (χ4n) is 1.78. The molecule has 80 valence electrons. The van der Waals surface area contributed by atoms with E-state index in [4.69, 9.17) is 5.73 Å². The van der Waals surface area contributed by atoms with E-state index in [0.717, 1.165) is 29.5 Å². The average Bonchev–Trinajstić information content (AvgIpc) is 2.24. The van der Waals surface area contributed by atoms with E-state index >= 15 is 0 Å². The molecule has 1 fully saturated rings. The summed E-state index contributed by atoms with van der Waals surface area (Å²) in [5.41, 5.74) is 6.66. The molecule has 4 heteroatoms. The van der Waals surface area contributed by atoms with E-state index < -0.39 is 0 Å². The van der Waals surface area contributed by atoms with Gasteiger partial charge in [-0.25, -0.2) is 0 Å². The number of piperidine rings is 1. The average molecular weight is 269 g/mol. The minimum Gasteiger partial charge on any atom is -0.320 e. The van der Waals surface area contributed by atoms with Crippen LogP contribution < -0.4 is 10.6 Å². The van der Waals surface area contributed by atoms with E-state index in [1.807, 2.05) is 24.3 Å². The van der Waals surface area contributed by atoms with Crippen LogP contribution in [0, 0.1) is 0 Å². The molecule has 2 rings (SSSR count). The number of benzene rings is 1. The van der Waals surface area contributed by atoms with Crippen LogP contribution in [0.15, 0.2) is 28.7 Å². The van der Waals surface area contributed by atoms with Gasteiger partial charge in [0.25, 0.3) is 0 Å². The quantitative estimate of drug-likeness (QED) is 0.846.